The van der Waals surface area contributed by atoms with Crippen molar-refractivity contribution in [1.82, 2.24) is 5.32 Å². The molecule has 0 spiro atoms. The smallest absolute Gasteiger partial charge is 0.137 e. The minimum atomic E-state index is 0.464. The van der Waals surface area contributed by atoms with Crippen molar-refractivity contribution in [3.8, 4) is 5.75 Å². The Morgan fingerprint density at radius 1 is 1.10 bits per heavy atom. The Kier molecular flexibility index (Phi) is 6.09. The molecule has 0 radical (unpaired) electrons. The van der Waals surface area contributed by atoms with E-state index >= 15 is 0 Å². The van der Waals surface area contributed by atoms with Gasteiger partial charge in [0.25, 0.3) is 0 Å². The molecule has 2 aromatic rings. The monoisotopic (exact) mass is 303 g/mol. The average Bonchev–Trinajstić information content (AvgIpc) is 2.52. The lowest BCUT2D eigenvalue weighted by Gasteiger charge is -2.14. The first kappa shape index (κ1) is 15.9. The van der Waals surface area contributed by atoms with Gasteiger partial charge >= 0.3 is 0 Å². The number of aryl methyl sites for hydroxylation is 1. The lowest BCUT2D eigenvalue weighted by atomic mass is 10.1. The molecule has 0 saturated carbocycles. The van der Waals surface area contributed by atoms with Crippen LogP contribution in [0.15, 0.2) is 48.5 Å². The van der Waals surface area contributed by atoms with Crippen LogP contribution in [0.5, 0.6) is 5.75 Å². The number of nitrogens with one attached hydrogen (secondary N) is 1. The van der Waals surface area contributed by atoms with Gasteiger partial charge in [-0.3, -0.25) is 0 Å². The van der Waals surface area contributed by atoms with E-state index in [1.807, 2.05) is 18.2 Å². The van der Waals surface area contributed by atoms with Gasteiger partial charge in [0.05, 0.1) is 12.1 Å². The highest BCUT2D eigenvalue weighted by molar-refractivity contribution is 6.32. The number of hydrogen-bond donors (Lipinski definition) is 1. The number of methoxy groups -OCH3 is 1. The number of benzene rings is 2. The second kappa shape index (κ2) is 8.06. The quantitative estimate of drug-likeness (QED) is 0.815. The normalized spacial score (nSPS) is 12.1. The fourth-order valence-corrected chi connectivity index (χ4v) is 2.52. The molecule has 2 rings (SSSR count). The van der Waals surface area contributed by atoms with Crippen molar-refractivity contribution in [3.05, 3.63) is 64.7 Å². The van der Waals surface area contributed by atoms with E-state index in [9.17, 15) is 0 Å². The molecule has 0 fully saturated rings. The van der Waals surface area contributed by atoms with Gasteiger partial charge in [0, 0.05) is 12.6 Å². The maximum atomic E-state index is 6.13. The molecule has 112 valence electrons. The number of hydrogen-bond acceptors (Lipinski definition) is 2. The first-order valence-corrected chi connectivity index (χ1v) is 7.66. The number of rotatable bonds is 7. The van der Waals surface area contributed by atoms with Crippen LogP contribution in [-0.4, -0.2) is 13.2 Å². The van der Waals surface area contributed by atoms with Crippen molar-refractivity contribution in [2.75, 3.05) is 7.11 Å². The second-order valence-corrected chi connectivity index (χ2v) is 5.68. The zero-order valence-electron chi connectivity index (χ0n) is 12.6. The van der Waals surface area contributed by atoms with E-state index in [1.165, 1.54) is 11.1 Å². The summed E-state index contributed by atoms with van der Waals surface area (Å²) in [5.41, 5.74) is 2.56. The Bertz CT molecular complexity index is 556. The third-order valence-corrected chi connectivity index (χ3v) is 3.88. The first-order chi connectivity index (χ1) is 10.2. The molecule has 0 aliphatic carbocycles. The molecule has 2 aromatic carbocycles. The summed E-state index contributed by atoms with van der Waals surface area (Å²) in [5, 5.41) is 4.20. The lowest BCUT2D eigenvalue weighted by molar-refractivity contribution is 0.414. The van der Waals surface area contributed by atoms with Crippen LogP contribution >= 0.6 is 11.6 Å². The van der Waals surface area contributed by atoms with Gasteiger partial charge in [0.2, 0.25) is 0 Å². The third-order valence-electron chi connectivity index (χ3n) is 3.58. The summed E-state index contributed by atoms with van der Waals surface area (Å²) in [7, 11) is 1.63. The summed E-state index contributed by atoms with van der Waals surface area (Å²) in [4.78, 5) is 0. The second-order valence-electron chi connectivity index (χ2n) is 5.28. The maximum absolute atomic E-state index is 6.13. The number of halogens is 1. The summed E-state index contributed by atoms with van der Waals surface area (Å²) >= 11 is 6.13. The summed E-state index contributed by atoms with van der Waals surface area (Å²) in [6, 6.07) is 17.0. The van der Waals surface area contributed by atoms with Crippen LogP contribution in [0, 0.1) is 0 Å². The maximum Gasteiger partial charge on any atom is 0.137 e. The highest BCUT2D eigenvalue weighted by Gasteiger charge is 2.05. The largest absolute Gasteiger partial charge is 0.495 e. The molecule has 1 N–H and O–H groups in total. The van der Waals surface area contributed by atoms with Crippen molar-refractivity contribution >= 4 is 11.6 Å². The van der Waals surface area contributed by atoms with Crippen LogP contribution < -0.4 is 10.1 Å². The van der Waals surface area contributed by atoms with Crippen LogP contribution in [-0.2, 0) is 13.0 Å². The molecule has 21 heavy (non-hydrogen) atoms. The molecule has 3 heteroatoms. The Balaban J connectivity index is 1.78. The van der Waals surface area contributed by atoms with E-state index in [0.29, 0.717) is 11.1 Å². The predicted molar refractivity (Wildman–Crippen MR) is 89.1 cm³/mol. The molecule has 1 atom stereocenters. The Morgan fingerprint density at radius 2 is 1.86 bits per heavy atom. The molecule has 0 saturated heterocycles. The van der Waals surface area contributed by atoms with Gasteiger partial charge < -0.3 is 10.1 Å². The molecule has 0 bridgehead atoms. The first-order valence-electron chi connectivity index (χ1n) is 7.29. The van der Waals surface area contributed by atoms with E-state index in [0.717, 1.165) is 25.1 Å². The van der Waals surface area contributed by atoms with Crippen LogP contribution in [0.1, 0.15) is 24.5 Å². The van der Waals surface area contributed by atoms with Gasteiger partial charge in [0.1, 0.15) is 5.75 Å². The SMILES string of the molecule is COc1ccc(CN[C@H](C)CCc2ccccc2)cc1Cl. The van der Waals surface area contributed by atoms with Gasteiger partial charge in [0.15, 0.2) is 0 Å². The minimum absolute atomic E-state index is 0.464. The summed E-state index contributed by atoms with van der Waals surface area (Å²) in [5.74, 6) is 0.720. The standard InChI is InChI=1S/C18H22ClNO/c1-14(8-9-15-6-4-3-5-7-15)20-13-16-10-11-18(21-2)17(19)12-16/h3-7,10-12,14,20H,8-9,13H2,1-2H3/t14-/m1/s1. The Morgan fingerprint density at radius 3 is 2.52 bits per heavy atom. The topological polar surface area (TPSA) is 21.3 Å². The molecule has 0 heterocycles. The molecule has 0 aliphatic rings. The minimum Gasteiger partial charge on any atom is -0.495 e. The van der Waals surface area contributed by atoms with E-state index in [-0.39, 0.29) is 0 Å². The fourth-order valence-electron chi connectivity index (χ4n) is 2.24. The highest BCUT2D eigenvalue weighted by atomic mass is 35.5. The lowest BCUT2D eigenvalue weighted by Crippen LogP contribution is -2.25. The van der Waals surface area contributed by atoms with Gasteiger partial charge in [-0.2, -0.15) is 0 Å². The van der Waals surface area contributed by atoms with Crippen molar-refractivity contribution in [2.24, 2.45) is 0 Å². The predicted octanol–water partition coefficient (Wildman–Crippen LogP) is 4.46. The summed E-state index contributed by atoms with van der Waals surface area (Å²) in [6.07, 6.45) is 2.21. The van der Waals surface area contributed by atoms with Crippen molar-refractivity contribution in [1.29, 1.82) is 0 Å². The van der Waals surface area contributed by atoms with Gasteiger partial charge in [-0.05, 0) is 43.0 Å². The molecule has 0 aliphatic heterocycles. The fraction of sp³-hybridized carbons (Fsp3) is 0.333. The molecule has 2 nitrogen and oxygen atoms in total. The molecule has 0 unspecified atom stereocenters. The highest BCUT2D eigenvalue weighted by Crippen LogP contribution is 2.24. The van der Waals surface area contributed by atoms with E-state index < -0.39 is 0 Å². The van der Waals surface area contributed by atoms with Crippen LogP contribution in [0.25, 0.3) is 0 Å². The molecule has 0 aromatic heterocycles. The summed E-state index contributed by atoms with van der Waals surface area (Å²) < 4.78 is 5.16. The number of ether oxygens (including phenoxy) is 1. The molecule has 0 amide bonds. The average molecular weight is 304 g/mol. The zero-order valence-corrected chi connectivity index (χ0v) is 13.4. The van der Waals surface area contributed by atoms with E-state index in [4.69, 9.17) is 16.3 Å². The van der Waals surface area contributed by atoms with Crippen LogP contribution in [0.4, 0.5) is 0 Å². The van der Waals surface area contributed by atoms with Crippen LogP contribution in [0.2, 0.25) is 5.02 Å². The third kappa shape index (κ3) is 5.07. The Labute approximate surface area is 132 Å². The van der Waals surface area contributed by atoms with E-state index in [2.05, 4.69) is 42.6 Å². The van der Waals surface area contributed by atoms with Crippen molar-refractivity contribution in [2.45, 2.75) is 32.4 Å². The van der Waals surface area contributed by atoms with Gasteiger partial charge in [-0.25, -0.2) is 0 Å². The Hall–Kier alpha value is -1.51. The zero-order chi connectivity index (χ0) is 15.1. The van der Waals surface area contributed by atoms with E-state index in [1.54, 1.807) is 7.11 Å². The van der Waals surface area contributed by atoms with Crippen LogP contribution in [0.3, 0.4) is 0 Å². The van der Waals surface area contributed by atoms with Crippen molar-refractivity contribution < 1.29 is 4.74 Å². The summed E-state index contributed by atoms with van der Waals surface area (Å²) in [6.45, 7) is 3.04. The molecular formula is C18H22ClNO. The van der Waals surface area contributed by atoms with Gasteiger partial charge in [-0.15, -0.1) is 0 Å². The van der Waals surface area contributed by atoms with Crippen molar-refractivity contribution in [3.63, 3.8) is 0 Å². The van der Waals surface area contributed by atoms with Gasteiger partial charge in [-0.1, -0.05) is 48.0 Å². The molecular weight excluding hydrogens is 282 g/mol.